The molecule has 61 heavy (non-hydrogen) atoms. The lowest BCUT2D eigenvalue weighted by Crippen LogP contribution is -2.33. The Balaban J connectivity index is 1.03. The summed E-state index contributed by atoms with van der Waals surface area (Å²) in [5.74, 6) is 1.87. The first-order valence-electron chi connectivity index (χ1n) is 20.6. The first kappa shape index (κ1) is 33.8. The SMILES string of the molecule is c1ccc(-c2nc(C3=c4ccccc4=C(c4cccc5oc6ccc(-c7cccc8oc9ccccc9c78)cc6c45)CC3)nc(-c3cccc4c3oc3ccccc34)n2)cc1. The van der Waals surface area contributed by atoms with E-state index in [4.69, 9.17) is 28.2 Å². The Bertz CT molecular complexity index is 3890. The molecule has 8 aromatic carbocycles. The summed E-state index contributed by atoms with van der Waals surface area (Å²) in [6.07, 6.45) is 1.53. The molecule has 4 heterocycles. The molecule has 0 saturated heterocycles. The van der Waals surface area contributed by atoms with E-state index in [1.165, 1.54) is 16.4 Å². The molecule has 6 nitrogen and oxygen atoms in total. The number of furan rings is 3. The molecule has 0 radical (unpaired) electrons. The monoisotopic (exact) mass is 783 g/mol. The van der Waals surface area contributed by atoms with Crippen molar-refractivity contribution in [3.63, 3.8) is 0 Å². The van der Waals surface area contributed by atoms with Crippen LogP contribution in [0.25, 0.3) is 111 Å². The number of nitrogens with zero attached hydrogens (tertiary/aromatic N) is 3. The maximum atomic E-state index is 6.58. The number of aromatic nitrogens is 3. The maximum Gasteiger partial charge on any atom is 0.167 e. The van der Waals surface area contributed by atoms with E-state index in [0.29, 0.717) is 17.5 Å². The molecule has 12 aromatic rings. The molecular weight excluding hydrogens is 751 g/mol. The second kappa shape index (κ2) is 13.2. The van der Waals surface area contributed by atoms with Crippen LogP contribution in [0.4, 0.5) is 0 Å². The van der Waals surface area contributed by atoms with Crippen molar-refractivity contribution in [1.29, 1.82) is 0 Å². The number of benzene rings is 8. The van der Waals surface area contributed by atoms with Crippen LogP contribution < -0.4 is 10.4 Å². The van der Waals surface area contributed by atoms with Crippen LogP contribution >= 0.6 is 0 Å². The van der Waals surface area contributed by atoms with Crippen molar-refractivity contribution in [2.75, 3.05) is 0 Å². The maximum absolute atomic E-state index is 6.58. The van der Waals surface area contributed by atoms with E-state index in [9.17, 15) is 0 Å². The van der Waals surface area contributed by atoms with Gasteiger partial charge in [0.15, 0.2) is 17.5 Å². The lowest BCUT2D eigenvalue weighted by molar-refractivity contribution is 0.668. The van der Waals surface area contributed by atoms with Gasteiger partial charge in [-0.2, -0.15) is 0 Å². The summed E-state index contributed by atoms with van der Waals surface area (Å²) in [6, 6.07) is 60.7. The second-order valence-corrected chi connectivity index (χ2v) is 15.7. The highest BCUT2D eigenvalue weighted by molar-refractivity contribution is 6.15. The smallest absolute Gasteiger partial charge is 0.167 e. The predicted octanol–water partition coefficient (Wildman–Crippen LogP) is 12.8. The summed E-state index contributed by atoms with van der Waals surface area (Å²) >= 11 is 0. The Morgan fingerprint density at radius 1 is 0.328 bits per heavy atom. The van der Waals surface area contributed by atoms with Gasteiger partial charge < -0.3 is 13.3 Å². The zero-order valence-electron chi connectivity index (χ0n) is 32.7. The Labute approximate surface area is 348 Å². The van der Waals surface area contributed by atoms with E-state index < -0.39 is 0 Å². The number of rotatable bonds is 5. The summed E-state index contributed by atoms with van der Waals surface area (Å²) in [5.41, 5.74) is 12.6. The van der Waals surface area contributed by atoms with Crippen LogP contribution in [0.2, 0.25) is 0 Å². The molecule has 0 spiro atoms. The van der Waals surface area contributed by atoms with Crippen molar-refractivity contribution in [2.45, 2.75) is 12.8 Å². The van der Waals surface area contributed by atoms with Crippen LogP contribution in [0, 0.1) is 0 Å². The summed E-state index contributed by atoms with van der Waals surface area (Å²) in [6.45, 7) is 0. The summed E-state index contributed by atoms with van der Waals surface area (Å²) in [4.78, 5) is 15.6. The molecule has 286 valence electrons. The Hall–Kier alpha value is -8.09. The molecule has 0 saturated carbocycles. The molecule has 4 aromatic heterocycles. The molecule has 0 amide bonds. The Morgan fingerprint density at radius 3 is 1.70 bits per heavy atom. The first-order chi connectivity index (χ1) is 30.2. The lowest BCUT2D eigenvalue weighted by Gasteiger charge is -2.18. The van der Waals surface area contributed by atoms with E-state index in [2.05, 4.69) is 115 Å². The fourth-order valence-electron chi connectivity index (χ4n) is 9.57. The van der Waals surface area contributed by atoms with Crippen LogP contribution in [0.15, 0.2) is 189 Å². The third-order valence-electron chi connectivity index (χ3n) is 12.3. The normalized spacial score (nSPS) is 13.0. The van der Waals surface area contributed by atoms with E-state index in [0.717, 1.165) is 112 Å². The van der Waals surface area contributed by atoms with E-state index in [-0.39, 0.29) is 0 Å². The molecule has 13 rings (SSSR count). The quantitative estimate of drug-likeness (QED) is 0.173. The zero-order valence-corrected chi connectivity index (χ0v) is 32.7. The van der Waals surface area contributed by atoms with Gasteiger partial charge in [-0.25, -0.2) is 15.0 Å². The highest BCUT2D eigenvalue weighted by Crippen LogP contribution is 2.42. The van der Waals surface area contributed by atoms with Gasteiger partial charge in [0.25, 0.3) is 0 Å². The third kappa shape index (κ3) is 5.25. The van der Waals surface area contributed by atoms with Gasteiger partial charge in [0.05, 0.1) is 5.56 Å². The standard InChI is InChI=1S/C55H33N3O3/c1-2-13-32(14-3-1)53-56-54(58-55(57-53)43-22-10-21-40-38-17-6-8-23-45(38)61-52(40)43)41-29-28-37(35-15-4-5-16-36(35)41)39-20-12-26-49-51(39)44-31-33(27-30-47(44)60-49)34-19-11-25-48-50(34)42-18-7-9-24-46(42)59-48/h1-27,30-31H,28-29H2. The van der Waals surface area contributed by atoms with Gasteiger partial charge in [0.1, 0.15) is 33.5 Å². The van der Waals surface area contributed by atoms with Gasteiger partial charge >= 0.3 is 0 Å². The highest BCUT2D eigenvalue weighted by Gasteiger charge is 2.23. The fraction of sp³-hybridized carbons (Fsp3) is 0.0364. The van der Waals surface area contributed by atoms with Crippen molar-refractivity contribution < 1.29 is 13.3 Å². The minimum absolute atomic E-state index is 0.581. The fourth-order valence-corrected chi connectivity index (χ4v) is 9.57. The minimum Gasteiger partial charge on any atom is -0.456 e. The molecule has 1 aliphatic carbocycles. The van der Waals surface area contributed by atoms with E-state index in [1.54, 1.807) is 0 Å². The molecule has 1 aliphatic rings. The molecular formula is C55H33N3O3. The second-order valence-electron chi connectivity index (χ2n) is 15.7. The summed E-state index contributed by atoms with van der Waals surface area (Å²) in [7, 11) is 0. The van der Waals surface area contributed by atoms with Gasteiger partial charge in [-0.15, -0.1) is 0 Å². The lowest BCUT2D eigenvalue weighted by atomic mass is 9.87. The van der Waals surface area contributed by atoms with E-state index >= 15 is 0 Å². The topological polar surface area (TPSA) is 78.1 Å². The van der Waals surface area contributed by atoms with Crippen LogP contribution in [0.3, 0.4) is 0 Å². The first-order valence-corrected chi connectivity index (χ1v) is 20.6. The number of hydrogen-bond donors (Lipinski definition) is 0. The molecule has 0 fully saturated rings. The molecule has 0 bridgehead atoms. The van der Waals surface area contributed by atoms with Gasteiger partial charge in [-0.05, 0) is 88.0 Å². The zero-order chi connectivity index (χ0) is 40.0. The highest BCUT2D eigenvalue weighted by atomic mass is 16.3. The van der Waals surface area contributed by atoms with Crippen LogP contribution in [-0.4, -0.2) is 15.0 Å². The predicted molar refractivity (Wildman–Crippen MR) is 244 cm³/mol. The molecule has 0 unspecified atom stereocenters. The summed E-state index contributed by atoms with van der Waals surface area (Å²) in [5, 5.41) is 8.81. The Kier molecular flexibility index (Phi) is 7.33. The third-order valence-corrected chi connectivity index (χ3v) is 12.3. The van der Waals surface area contributed by atoms with E-state index in [1.807, 2.05) is 60.7 Å². The van der Waals surface area contributed by atoms with Gasteiger partial charge in [0, 0.05) is 43.5 Å². The average Bonchev–Trinajstić information content (AvgIpc) is 4.02. The number of hydrogen-bond acceptors (Lipinski definition) is 6. The average molecular weight is 784 g/mol. The van der Waals surface area contributed by atoms with Gasteiger partial charge in [0.2, 0.25) is 0 Å². The van der Waals surface area contributed by atoms with Gasteiger partial charge in [-0.3, -0.25) is 0 Å². The van der Waals surface area contributed by atoms with Crippen LogP contribution in [0.5, 0.6) is 0 Å². The largest absolute Gasteiger partial charge is 0.456 e. The van der Waals surface area contributed by atoms with Crippen molar-refractivity contribution in [3.05, 3.63) is 198 Å². The molecule has 0 atom stereocenters. The molecule has 6 heteroatoms. The van der Waals surface area contributed by atoms with Crippen molar-refractivity contribution in [3.8, 4) is 33.9 Å². The minimum atomic E-state index is 0.581. The molecule has 0 aliphatic heterocycles. The number of fused-ring (bicyclic) bond motifs is 10. The van der Waals surface area contributed by atoms with Crippen LogP contribution in [0.1, 0.15) is 24.2 Å². The van der Waals surface area contributed by atoms with Crippen molar-refractivity contribution >= 4 is 77.0 Å². The Morgan fingerprint density at radius 2 is 0.885 bits per heavy atom. The summed E-state index contributed by atoms with van der Waals surface area (Å²) < 4.78 is 19.3. The molecule has 0 N–H and O–H groups in total. The van der Waals surface area contributed by atoms with Crippen molar-refractivity contribution in [1.82, 2.24) is 15.0 Å². The van der Waals surface area contributed by atoms with Crippen molar-refractivity contribution in [2.24, 2.45) is 0 Å². The van der Waals surface area contributed by atoms with Gasteiger partial charge in [-0.1, -0.05) is 133 Å². The number of para-hydroxylation sites is 3. The van der Waals surface area contributed by atoms with Crippen LogP contribution in [-0.2, 0) is 0 Å².